The molecule has 6 nitrogen and oxygen atoms in total. The number of pyridine rings is 1. The van der Waals surface area contributed by atoms with E-state index in [2.05, 4.69) is 9.88 Å². The van der Waals surface area contributed by atoms with Crippen LogP contribution in [0.3, 0.4) is 0 Å². The SMILES string of the molecule is CN(c1ccc(CO)cn1)C1CCN(C(=O)OC(C)(C)C)CC1. The quantitative estimate of drug-likeness (QED) is 0.926. The molecule has 1 fully saturated rings. The highest BCUT2D eigenvalue weighted by atomic mass is 16.6. The number of anilines is 1. The molecule has 0 saturated carbocycles. The highest BCUT2D eigenvalue weighted by molar-refractivity contribution is 5.68. The molecule has 1 saturated heterocycles. The van der Waals surface area contributed by atoms with E-state index in [1.54, 1.807) is 11.1 Å². The first kappa shape index (κ1) is 17.5. The van der Waals surface area contributed by atoms with Crippen LogP contribution in [0.15, 0.2) is 18.3 Å². The van der Waals surface area contributed by atoms with Crippen molar-refractivity contribution in [3.05, 3.63) is 23.9 Å². The normalized spacial score (nSPS) is 16.3. The number of aromatic nitrogens is 1. The van der Waals surface area contributed by atoms with Gasteiger partial charge in [0, 0.05) is 32.4 Å². The van der Waals surface area contributed by atoms with E-state index in [1.165, 1.54) is 0 Å². The summed E-state index contributed by atoms with van der Waals surface area (Å²) in [6.45, 7) is 7.04. The van der Waals surface area contributed by atoms with Crippen LogP contribution in [-0.4, -0.2) is 52.9 Å². The Bertz CT molecular complexity index is 517. The minimum Gasteiger partial charge on any atom is -0.444 e. The molecule has 0 aromatic carbocycles. The van der Waals surface area contributed by atoms with Crippen molar-refractivity contribution < 1.29 is 14.6 Å². The van der Waals surface area contributed by atoms with Crippen LogP contribution < -0.4 is 4.90 Å². The maximum atomic E-state index is 12.1. The van der Waals surface area contributed by atoms with Crippen molar-refractivity contribution >= 4 is 11.9 Å². The van der Waals surface area contributed by atoms with Crippen LogP contribution in [0.25, 0.3) is 0 Å². The minimum absolute atomic E-state index is 0.00523. The fraction of sp³-hybridized carbons (Fsp3) is 0.647. The highest BCUT2D eigenvalue weighted by Crippen LogP contribution is 2.22. The number of hydrogen-bond donors (Lipinski definition) is 1. The van der Waals surface area contributed by atoms with Crippen molar-refractivity contribution in [2.75, 3.05) is 25.0 Å². The zero-order chi connectivity index (χ0) is 17.0. The van der Waals surface area contributed by atoms with E-state index in [0.717, 1.165) is 24.2 Å². The Morgan fingerprint density at radius 1 is 1.39 bits per heavy atom. The van der Waals surface area contributed by atoms with Crippen LogP contribution in [0, 0.1) is 0 Å². The molecular weight excluding hydrogens is 294 g/mol. The molecule has 1 aromatic heterocycles. The van der Waals surface area contributed by atoms with Gasteiger partial charge in [-0.25, -0.2) is 9.78 Å². The summed E-state index contributed by atoms with van der Waals surface area (Å²) in [6, 6.07) is 4.15. The summed E-state index contributed by atoms with van der Waals surface area (Å²) in [6.07, 6.45) is 3.24. The van der Waals surface area contributed by atoms with Crippen LogP contribution in [0.5, 0.6) is 0 Å². The van der Waals surface area contributed by atoms with E-state index in [1.807, 2.05) is 40.0 Å². The van der Waals surface area contributed by atoms with Crippen LogP contribution in [0.2, 0.25) is 0 Å². The number of hydrogen-bond acceptors (Lipinski definition) is 5. The molecule has 0 radical (unpaired) electrons. The van der Waals surface area contributed by atoms with E-state index in [-0.39, 0.29) is 12.7 Å². The van der Waals surface area contributed by atoms with E-state index in [0.29, 0.717) is 19.1 Å². The molecule has 1 aliphatic heterocycles. The maximum Gasteiger partial charge on any atom is 0.410 e. The Hall–Kier alpha value is -1.82. The standard InChI is InChI=1S/C17H27N3O3/c1-17(2,3)23-16(22)20-9-7-14(8-10-20)19(4)15-6-5-13(12-21)11-18-15/h5-6,11,14,21H,7-10,12H2,1-4H3. The molecule has 128 valence electrons. The largest absolute Gasteiger partial charge is 0.444 e. The van der Waals surface area contributed by atoms with Gasteiger partial charge < -0.3 is 19.6 Å². The summed E-state index contributed by atoms with van der Waals surface area (Å²) in [7, 11) is 2.02. The zero-order valence-corrected chi connectivity index (χ0v) is 14.5. The van der Waals surface area contributed by atoms with Gasteiger partial charge in [-0.3, -0.25) is 0 Å². The molecule has 0 aliphatic carbocycles. The smallest absolute Gasteiger partial charge is 0.410 e. The third-order valence-corrected chi connectivity index (χ3v) is 4.02. The molecule has 2 heterocycles. The molecule has 1 aliphatic rings. The van der Waals surface area contributed by atoms with Crippen molar-refractivity contribution in [3.8, 4) is 0 Å². The number of nitrogens with zero attached hydrogens (tertiary/aromatic N) is 3. The van der Waals surface area contributed by atoms with Gasteiger partial charge in [0.25, 0.3) is 0 Å². The van der Waals surface area contributed by atoms with E-state index >= 15 is 0 Å². The predicted octanol–water partition coefficient (Wildman–Crippen LogP) is 2.41. The van der Waals surface area contributed by atoms with Crippen molar-refractivity contribution in [1.82, 2.24) is 9.88 Å². The second-order valence-electron chi connectivity index (χ2n) is 6.99. The molecule has 0 atom stereocenters. The number of aliphatic hydroxyl groups is 1. The lowest BCUT2D eigenvalue weighted by Crippen LogP contribution is -2.47. The van der Waals surface area contributed by atoms with Crippen LogP contribution in [0.4, 0.5) is 10.6 Å². The second kappa shape index (κ2) is 7.17. The number of likely N-dealkylation sites (tertiary alicyclic amines) is 1. The Kier molecular flexibility index (Phi) is 5.46. The van der Waals surface area contributed by atoms with Gasteiger partial charge in [-0.2, -0.15) is 0 Å². The summed E-state index contributed by atoms with van der Waals surface area (Å²) in [5, 5.41) is 9.07. The summed E-state index contributed by atoms with van der Waals surface area (Å²) in [5.74, 6) is 0.887. The number of carbonyl (C=O) groups is 1. The lowest BCUT2D eigenvalue weighted by atomic mass is 10.0. The molecule has 0 unspecified atom stereocenters. The molecule has 1 N–H and O–H groups in total. The van der Waals surface area contributed by atoms with Gasteiger partial charge in [-0.15, -0.1) is 0 Å². The third-order valence-electron chi connectivity index (χ3n) is 4.02. The van der Waals surface area contributed by atoms with E-state index < -0.39 is 5.60 Å². The maximum absolute atomic E-state index is 12.1. The summed E-state index contributed by atoms with van der Waals surface area (Å²) >= 11 is 0. The Labute approximate surface area is 138 Å². The molecule has 1 aromatic rings. The van der Waals surface area contributed by atoms with Gasteiger partial charge in [0.15, 0.2) is 0 Å². The average molecular weight is 321 g/mol. The van der Waals surface area contributed by atoms with Gasteiger partial charge in [-0.05, 0) is 45.2 Å². The number of ether oxygens (including phenoxy) is 1. The Morgan fingerprint density at radius 2 is 2.04 bits per heavy atom. The highest BCUT2D eigenvalue weighted by Gasteiger charge is 2.28. The lowest BCUT2D eigenvalue weighted by molar-refractivity contribution is 0.0205. The lowest BCUT2D eigenvalue weighted by Gasteiger charge is -2.37. The summed E-state index contributed by atoms with van der Waals surface area (Å²) < 4.78 is 5.42. The fourth-order valence-electron chi connectivity index (χ4n) is 2.67. The van der Waals surface area contributed by atoms with Gasteiger partial charge in [0.05, 0.1) is 6.61 Å². The molecule has 23 heavy (non-hydrogen) atoms. The first-order valence-electron chi connectivity index (χ1n) is 8.06. The molecule has 1 amide bonds. The molecular formula is C17H27N3O3. The number of piperidine rings is 1. The number of amides is 1. The van der Waals surface area contributed by atoms with Crippen molar-refractivity contribution in [2.24, 2.45) is 0 Å². The second-order valence-corrected chi connectivity index (χ2v) is 6.99. The summed E-state index contributed by atoms with van der Waals surface area (Å²) in [5.41, 5.74) is 0.352. The first-order valence-corrected chi connectivity index (χ1v) is 8.06. The van der Waals surface area contributed by atoms with Crippen molar-refractivity contribution in [2.45, 2.75) is 51.9 Å². The minimum atomic E-state index is -0.455. The topological polar surface area (TPSA) is 65.9 Å². The molecule has 6 heteroatoms. The van der Waals surface area contributed by atoms with E-state index in [9.17, 15) is 4.79 Å². The molecule has 0 bridgehead atoms. The van der Waals surface area contributed by atoms with Crippen LogP contribution in [0.1, 0.15) is 39.2 Å². The van der Waals surface area contributed by atoms with Crippen molar-refractivity contribution in [3.63, 3.8) is 0 Å². The number of rotatable bonds is 3. The van der Waals surface area contributed by atoms with Crippen molar-refractivity contribution in [1.29, 1.82) is 0 Å². The monoisotopic (exact) mass is 321 g/mol. The summed E-state index contributed by atoms with van der Waals surface area (Å²) in [4.78, 5) is 20.4. The van der Waals surface area contributed by atoms with E-state index in [4.69, 9.17) is 9.84 Å². The van der Waals surface area contributed by atoms with Crippen LogP contribution in [-0.2, 0) is 11.3 Å². The molecule has 0 spiro atoms. The molecule has 2 rings (SSSR count). The third kappa shape index (κ3) is 4.82. The first-order chi connectivity index (χ1) is 10.8. The van der Waals surface area contributed by atoms with Gasteiger partial charge >= 0.3 is 6.09 Å². The Morgan fingerprint density at radius 3 is 2.52 bits per heavy atom. The van der Waals surface area contributed by atoms with Gasteiger partial charge in [0.2, 0.25) is 0 Å². The average Bonchev–Trinajstić information content (AvgIpc) is 2.53. The van der Waals surface area contributed by atoms with Gasteiger partial charge in [-0.1, -0.05) is 6.07 Å². The zero-order valence-electron chi connectivity index (χ0n) is 14.5. The predicted molar refractivity (Wildman–Crippen MR) is 89.4 cm³/mol. The Balaban J connectivity index is 1.89. The number of carbonyl (C=O) groups excluding carboxylic acids is 1. The number of aliphatic hydroxyl groups excluding tert-OH is 1. The van der Waals surface area contributed by atoms with Crippen LogP contribution >= 0.6 is 0 Å². The van der Waals surface area contributed by atoms with Gasteiger partial charge in [0.1, 0.15) is 11.4 Å². The fourth-order valence-corrected chi connectivity index (χ4v) is 2.67.